The molecule has 0 saturated heterocycles. The molecule has 1 aliphatic rings. The molecule has 0 radical (unpaired) electrons. The lowest BCUT2D eigenvalue weighted by Crippen LogP contribution is -2.34. The fourth-order valence-corrected chi connectivity index (χ4v) is 3.03. The number of hydrogen-bond acceptors (Lipinski definition) is 6. The lowest BCUT2D eigenvalue weighted by molar-refractivity contribution is -0.137. The van der Waals surface area contributed by atoms with Gasteiger partial charge in [-0.25, -0.2) is 4.98 Å². The van der Waals surface area contributed by atoms with Crippen LogP contribution in [0.25, 0.3) is 22.4 Å². The maximum absolute atomic E-state index is 12.2. The Labute approximate surface area is 160 Å². The molecule has 0 spiro atoms. The van der Waals surface area contributed by atoms with Gasteiger partial charge in [-0.2, -0.15) is 0 Å². The first-order chi connectivity index (χ1) is 13.6. The molecule has 0 fully saturated rings. The Balaban J connectivity index is 1.52. The molecule has 2 heterocycles. The predicted molar refractivity (Wildman–Crippen MR) is 104 cm³/mol. The van der Waals surface area contributed by atoms with Gasteiger partial charge < -0.3 is 20.1 Å². The molecule has 0 bridgehead atoms. The van der Waals surface area contributed by atoms with Gasteiger partial charge in [-0.15, -0.1) is 0 Å². The molecule has 28 heavy (non-hydrogen) atoms. The Hall–Kier alpha value is -3.65. The molecular formula is C20H18N4O4. The molecule has 3 N–H and O–H groups in total. The van der Waals surface area contributed by atoms with Crippen LogP contribution < -0.4 is 10.1 Å². The molecule has 0 unspecified atom stereocenters. The highest BCUT2D eigenvalue weighted by atomic mass is 16.5. The number of rotatable bonds is 6. The van der Waals surface area contributed by atoms with Crippen LogP contribution >= 0.6 is 0 Å². The number of hydrogen-bond donors (Lipinski definition) is 3. The molecule has 4 rings (SSSR count). The zero-order valence-electron chi connectivity index (χ0n) is 15.1. The number of benzene rings is 2. The number of ether oxygens (including phenoxy) is 1. The molecule has 142 valence electrons. The lowest BCUT2D eigenvalue weighted by atomic mass is 10.2. The number of H-pyrrole nitrogens is 1. The van der Waals surface area contributed by atoms with Crippen molar-refractivity contribution in [1.82, 2.24) is 14.9 Å². The molecule has 1 aromatic heterocycles. The number of carbonyl (C=O) groups excluding carboxylic acids is 2. The largest absolute Gasteiger partial charge is 0.497 e. The molecule has 2 aromatic carbocycles. The van der Waals surface area contributed by atoms with Crippen molar-refractivity contribution in [2.75, 3.05) is 25.6 Å². The van der Waals surface area contributed by atoms with Crippen molar-refractivity contribution in [3.05, 3.63) is 54.2 Å². The van der Waals surface area contributed by atoms with Gasteiger partial charge in [0.25, 0.3) is 11.8 Å². The topological polar surface area (TPSA) is 108 Å². The normalized spacial score (nSPS) is 13.9. The first kappa shape index (κ1) is 17.7. The molecule has 0 saturated carbocycles. The number of imide groups is 1. The zero-order valence-corrected chi connectivity index (χ0v) is 15.1. The van der Waals surface area contributed by atoms with Crippen LogP contribution in [0.1, 0.15) is 0 Å². The molecule has 8 nitrogen and oxygen atoms in total. The highest BCUT2D eigenvalue weighted by molar-refractivity contribution is 6.17. The van der Waals surface area contributed by atoms with Gasteiger partial charge in [0, 0.05) is 23.4 Å². The molecule has 3 aromatic rings. The van der Waals surface area contributed by atoms with Crippen molar-refractivity contribution in [2.45, 2.75) is 0 Å². The van der Waals surface area contributed by atoms with Crippen molar-refractivity contribution < 1.29 is 19.4 Å². The van der Waals surface area contributed by atoms with Gasteiger partial charge in [-0.3, -0.25) is 14.5 Å². The van der Waals surface area contributed by atoms with E-state index in [1.54, 1.807) is 19.2 Å². The Morgan fingerprint density at radius 3 is 2.68 bits per heavy atom. The second-order valence-electron chi connectivity index (χ2n) is 6.25. The number of fused-ring (bicyclic) bond motifs is 1. The number of amides is 2. The summed E-state index contributed by atoms with van der Waals surface area (Å²) in [7, 11) is 1.62. The van der Waals surface area contributed by atoms with Crippen molar-refractivity contribution in [3.63, 3.8) is 0 Å². The van der Waals surface area contributed by atoms with E-state index < -0.39 is 11.8 Å². The number of carbonyl (C=O) groups is 2. The third-order valence-corrected chi connectivity index (χ3v) is 4.46. The highest BCUT2D eigenvalue weighted by Crippen LogP contribution is 2.25. The summed E-state index contributed by atoms with van der Waals surface area (Å²) in [5, 5.41) is 11.9. The number of aromatic amines is 1. The first-order valence-electron chi connectivity index (χ1n) is 8.68. The Morgan fingerprint density at radius 1 is 1.18 bits per heavy atom. The van der Waals surface area contributed by atoms with Crippen LogP contribution in [-0.4, -0.2) is 52.1 Å². The summed E-state index contributed by atoms with van der Waals surface area (Å²) in [4.78, 5) is 32.8. The van der Waals surface area contributed by atoms with E-state index in [0.29, 0.717) is 5.69 Å². The second-order valence-corrected chi connectivity index (χ2v) is 6.25. The summed E-state index contributed by atoms with van der Waals surface area (Å²) in [5.74, 6) is 0.585. The Kier molecular flexibility index (Phi) is 4.54. The van der Waals surface area contributed by atoms with Gasteiger partial charge >= 0.3 is 0 Å². The summed E-state index contributed by atoms with van der Waals surface area (Å²) >= 11 is 0. The summed E-state index contributed by atoms with van der Waals surface area (Å²) < 4.78 is 5.23. The number of nitrogens with zero attached hydrogens (tertiary/aromatic N) is 2. The summed E-state index contributed by atoms with van der Waals surface area (Å²) in [5.41, 5.74) is 3.44. The number of imidazole rings is 1. The van der Waals surface area contributed by atoms with Crippen molar-refractivity contribution >= 4 is 28.5 Å². The van der Waals surface area contributed by atoms with E-state index in [4.69, 9.17) is 9.84 Å². The predicted octanol–water partition coefficient (Wildman–Crippen LogP) is 1.90. The maximum Gasteiger partial charge on any atom is 0.277 e. The molecule has 1 aliphatic heterocycles. The average molecular weight is 378 g/mol. The van der Waals surface area contributed by atoms with Gasteiger partial charge in [-0.1, -0.05) is 0 Å². The molecule has 8 heteroatoms. The minimum Gasteiger partial charge on any atom is -0.497 e. The molecule has 0 atom stereocenters. The average Bonchev–Trinajstić information content (AvgIpc) is 3.24. The van der Waals surface area contributed by atoms with E-state index in [-0.39, 0.29) is 18.8 Å². The van der Waals surface area contributed by atoms with Crippen molar-refractivity contribution in [2.24, 2.45) is 0 Å². The first-order valence-corrected chi connectivity index (χ1v) is 8.68. The second kappa shape index (κ2) is 7.16. The monoisotopic (exact) mass is 378 g/mol. The van der Waals surface area contributed by atoms with Crippen LogP contribution in [-0.2, 0) is 9.59 Å². The van der Waals surface area contributed by atoms with Gasteiger partial charge in [0.15, 0.2) is 0 Å². The zero-order chi connectivity index (χ0) is 19.7. The van der Waals surface area contributed by atoms with E-state index in [1.165, 1.54) is 6.08 Å². The summed E-state index contributed by atoms with van der Waals surface area (Å²) in [6.45, 7) is -0.286. The number of anilines is 1. The van der Waals surface area contributed by atoms with Crippen LogP contribution in [0.2, 0.25) is 0 Å². The Morgan fingerprint density at radius 2 is 1.96 bits per heavy atom. The van der Waals surface area contributed by atoms with Gasteiger partial charge in [0.2, 0.25) is 0 Å². The molecular weight excluding hydrogens is 360 g/mol. The fourth-order valence-electron chi connectivity index (χ4n) is 3.03. The lowest BCUT2D eigenvalue weighted by Gasteiger charge is -2.13. The highest BCUT2D eigenvalue weighted by Gasteiger charge is 2.30. The van der Waals surface area contributed by atoms with E-state index >= 15 is 0 Å². The van der Waals surface area contributed by atoms with Crippen LogP contribution in [0.4, 0.5) is 5.69 Å². The number of aliphatic hydroxyl groups is 1. The van der Waals surface area contributed by atoms with Gasteiger partial charge in [0.05, 0.1) is 31.3 Å². The van der Waals surface area contributed by atoms with Gasteiger partial charge in [0.1, 0.15) is 17.3 Å². The third-order valence-electron chi connectivity index (χ3n) is 4.46. The molecule has 0 aliphatic carbocycles. The molecule has 2 amide bonds. The number of nitrogens with one attached hydrogen (secondary N) is 2. The maximum atomic E-state index is 12.2. The quantitative estimate of drug-likeness (QED) is 0.566. The van der Waals surface area contributed by atoms with Gasteiger partial charge in [-0.05, 0) is 36.4 Å². The minimum absolute atomic E-state index is 0.0187. The minimum atomic E-state index is -0.450. The van der Waals surface area contributed by atoms with E-state index in [2.05, 4.69) is 15.3 Å². The standard InChI is InChI=1S/C20H18N4O4/c1-28-14-6-7-15-16(10-14)23-19(22-15)12-2-4-13(5-3-12)21-17-11-18(26)24(8-9-25)20(17)27/h2-7,10-11,21,25H,8-9H2,1H3,(H,22,23). The van der Waals surface area contributed by atoms with Crippen molar-refractivity contribution in [1.29, 1.82) is 0 Å². The number of methoxy groups -OCH3 is 1. The van der Waals surface area contributed by atoms with Crippen LogP contribution in [0.15, 0.2) is 54.2 Å². The van der Waals surface area contributed by atoms with E-state index in [0.717, 1.165) is 33.1 Å². The summed E-state index contributed by atoms with van der Waals surface area (Å²) in [6, 6.07) is 13.0. The summed E-state index contributed by atoms with van der Waals surface area (Å²) in [6.07, 6.45) is 1.23. The number of aliphatic hydroxyl groups excluding tert-OH is 1. The van der Waals surface area contributed by atoms with Crippen LogP contribution in [0.3, 0.4) is 0 Å². The van der Waals surface area contributed by atoms with Crippen LogP contribution in [0, 0.1) is 0 Å². The van der Waals surface area contributed by atoms with Crippen LogP contribution in [0.5, 0.6) is 5.75 Å². The SMILES string of the molecule is COc1ccc2nc(-c3ccc(NC4=CC(=O)N(CCO)C4=O)cc3)[nH]c2c1. The third kappa shape index (κ3) is 3.21. The van der Waals surface area contributed by atoms with E-state index in [1.807, 2.05) is 30.3 Å². The number of β-amino-alcohol motifs (C(OH)–C–C–N with tert-alkyl or cyclic N) is 1. The fraction of sp³-hybridized carbons (Fsp3) is 0.150. The number of aromatic nitrogens is 2. The van der Waals surface area contributed by atoms with E-state index in [9.17, 15) is 9.59 Å². The Bertz CT molecular complexity index is 1090. The van der Waals surface area contributed by atoms with Crippen molar-refractivity contribution in [3.8, 4) is 17.1 Å². The smallest absolute Gasteiger partial charge is 0.277 e.